The number of carbonyl (C=O) groups excluding carboxylic acids is 1. The predicted molar refractivity (Wildman–Crippen MR) is 95.9 cm³/mol. The Labute approximate surface area is 144 Å². The SMILES string of the molecule is Cc1ccc(C(=O)CSc2nnc(NN=C3CCCC3)n2N)cc1. The molecule has 1 aromatic heterocycles. The van der Waals surface area contributed by atoms with E-state index in [1.807, 2.05) is 31.2 Å². The Morgan fingerprint density at radius 1 is 1.29 bits per heavy atom. The summed E-state index contributed by atoms with van der Waals surface area (Å²) < 4.78 is 1.33. The molecule has 0 saturated heterocycles. The topological polar surface area (TPSA) is 98.2 Å². The number of hydrazone groups is 1. The van der Waals surface area contributed by atoms with Gasteiger partial charge in [0.15, 0.2) is 5.78 Å². The van der Waals surface area contributed by atoms with Crippen molar-refractivity contribution in [1.82, 2.24) is 14.9 Å². The van der Waals surface area contributed by atoms with E-state index in [1.165, 1.54) is 29.3 Å². The molecule has 0 amide bonds. The number of thioether (sulfide) groups is 1. The summed E-state index contributed by atoms with van der Waals surface area (Å²) in [5.74, 6) is 6.62. The van der Waals surface area contributed by atoms with Gasteiger partial charge in [0.05, 0.1) is 5.75 Å². The van der Waals surface area contributed by atoms with Crippen molar-refractivity contribution in [2.75, 3.05) is 17.0 Å². The largest absolute Gasteiger partial charge is 0.334 e. The number of ketones is 1. The molecule has 0 aliphatic heterocycles. The molecule has 8 heteroatoms. The van der Waals surface area contributed by atoms with Gasteiger partial charge in [-0.1, -0.05) is 41.6 Å². The van der Waals surface area contributed by atoms with Crippen molar-refractivity contribution in [3.63, 3.8) is 0 Å². The maximum Gasteiger partial charge on any atom is 0.264 e. The van der Waals surface area contributed by atoms with Gasteiger partial charge in [0.1, 0.15) is 0 Å². The van der Waals surface area contributed by atoms with Crippen LogP contribution >= 0.6 is 11.8 Å². The molecule has 0 atom stereocenters. The number of nitrogen functional groups attached to an aromatic ring is 1. The summed E-state index contributed by atoms with van der Waals surface area (Å²) in [6, 6.07) is 7.51. The number of aryl methyl sites for hydroxylation is 1. The van der Waals surface area contributed by atoms with Crippen LogP contribution in [0.3, 0.4) is 0 Å². The summed E-state index contributed by atoms with van der Waals surface area (Å²) in [5.41, 5.74) is 5.79. The van der Waals surface area contributed by atoms with Crippen molar-refractivity contribution >= 4 is 29.2 Å². The standard InChI is InChI=1S/C16H20N6OS/c1-11-6-8-12(9-7-11)14(23)10-24-16-21-20-15(22(16)17)19-18-13-4-2-3-5-13/h6-9H,2-5,10,17H2,1H3,(H,19,20). The summed E-state index contributed by atoms with van der Waals surface area (Å²) in [4.78, 5) is 12.2. The Bertz CT molecular complexity index is 744. The minimum Gasteiger partial charge on any atom is -0.334 e. The summed E-state index contributed by atoms with van der Waals surface area (Å²) in [6.07, 6.45) is 4.38. The van der Waals surface area contributed by atoms with E-state index in [0.717, 1.165) is 24.1 Å². The van der Waals surface area contributed by atoms with Gasteiger partial charge in [-0.05, 0) is 32.6 Å². The maximum absolute atomic E-state index is 12.2. The lowest BCUT2D eigenvalue weighted by Gasteiger charge is -2.04. The number of rotatable bonds is 6. The Balaban J connectivity index is 1.58. The average molecular weight is 344 g/mol. The molecule has 1 aliphatic carbocycles. The first-order valence-electron chi connectivity index (χ1n) is 7.88. The first-order valence-corrected chi connectivity index (χ1v) is 8.86. The van der Waals surface area contributed by atoms with Gasteiger partial charge in [0.25, 0.3) is 5.95 Å². The van der Waals surface area contributed by atoms with Crippen molar-refractivity contribution in [2.24, 2.45) is 5.10 Å². The fourth-order valence-corrected chi connectivity index (χ4v) is 3.18. The van der Waals surface area contributed by atoms with Crippen LogP contribution in [-0.2, 0) is 0 Å². The third kappa shape index (κ3) is 3.94. The van der Waals surface area contributed by atoms with Crippen molar-refractivity contribution in [1.29, 1.82) is 0 Å². The van der Waals surface area contributed by atoms with Crippen molar-refractivity contribution < 1.29 is 4.79 Å². The normalized spacial score (nSPS) is 14.0. The van der Waals surface area contributed by atoms with Gasteiger partial charge in [-0.15, -0.1) is 10.2 Å². The molecule has 1 aromatic carbocycles. The Kier molecular flexibility index (Phi) is 5.14. The highest BCUT2D eigenvalue weighted by Gasteiger charge is 2.14. The summed E-state index contributed by atoms with van der Waals surface area (Å²) in [5, 5.41) is 12.8. The average Bonchev–Trinajstić information content (AvgIpc) is 3.21. The Morgan fingerprint density at radius 3 is 2.71 bits per heavy atom. The van der Waals surface area contributed by atoms with Crippen LogP contribution in [0.1, 0.15) is 41.6 Å². The molecule has 0 spiro atoms. The molecule has 0 radical (unpaired) electrons. The predicted octanol–water partition coefficient (Wildman–Crippen LogP) is 2.62. The molecule has 24 heavy (non-hydrogen) atoms. The summed E-state index contributed by atoms with van der Waals surface area (Å²) in [6.45, 7) is 1.99. The number of benzene rings is 1. The first-order chi connectivity index (χ1) is 11.6. The van der Waals surface area contributed by atoms with E-state index in [1.54, 1.807) is 0 Å². The zero-order valence-corrected chi connectivity index (χ0v) is 14.3. The zero-order valence-electron chi connectivity index (χ0n) is 13.5. The van der Waals surface area contributed by atoms with Gasteiger partial charge in [0.2, 0.25) is 5.16 Å². The second-order valence-electron chi connectivity index (χ2n) is 5.75. The molecule has 0 bridgehead atoms. The van der Waals surface area contributed by atoms with Crippen LogP contribution in [-0.4, -0.2) is 32.1 Å². The maximum atomic E-state index is 12.2. The Hall–Kier alpha value is -2.35. The van der Waals surface area contributed by atoms with Gasteiger partial charge in [-0.2, -0.15) is 5.10 Å². The third-order valence-corrected chi connectivity index (χ3v) is 4.81. The van der Waals surface area contributed by atoms with Crippen molar-refractivity contribution in [2.45, 2.75) is 37.8 Å². The fourth-order valence-electron chi connectivity index (χ4n) is 2.43. The number of nitrogens with two attached hydrogens (primary N) is 1. The van der Waals surface area contributed by atoms with Crippen LogP contribution in [0.25, 0.3) is 0 Å². The van der Waals surface area contributed by atoms with E-state index in [-0.39, 0.29) is 11.5 Å². The summed E-state index contributed by atoms with van der Waals surface area (Å²) >= 11 is 1.26. The lowest BCUT2D eigenvalue weighted by molar-refractivity contribution is 0.102. The summed E-state index contributed by atoms with van der Waals surface area (Å²) in [7, 11) is 0. The van der Waals surface area contributed by atoms with Gasteiger partial charge in [0, 0.05) is 11.3 Å². The fraction of sp³-hybridized carbons (Fsp3) is 0.375. The minimum absolute atomic E-state index is 0.0312. The number of carbonyl (C=O) groups is 1. The van der Waals surface area contributed by atoms with Crippen LogP contribution in [0.2, 0.25) is 0 Å². The molecule has 0 unspecified atom stereocenters. The number of Topliss-reactive ketones (excluding diaryl/α,β-unsaturated/α-hetero) is 1. The highest BCUT2D eigenvalue weighted by Crippen LogP contribution is 2.19. The van der Waals surface area contributed by atoms with Gasteiger partial charge < -0.3 is 5.84 Å². The molecule has 1 heterocycles. The molecule has 1 saturated carbocycles. The van der Waals surface area contributed by atoms with Crippen LogP contribution in [0.5, 0.6) is 0 Å². The van der Waals surface area contributed by atoms with Gasteiger partial charge in [-0.3, -0.25) is 4.79 Å². The van der Waals surface area contributed by atoms with E-state index in [0.29, 0.717) is 16.7 Å². The molecular weight excluding hydrogens is 324 g/mol. The second kappa shape index (κ2) is 7.48. The van der Waals surface area contributed by atoms with Crippen LogP contribution in [0.4, 0.5) is 5.95 Å². The monoisotopic (exact) mass is 344 g/mol. The number of hydrogen-bond donors (Lipinski definition) is 2. The lowest BCUT2D eigenvalue weighted by Crippen LogP contribution is -2.14. The Morgan fingerprint density at radius 2 is 2.00 bits per heavy atom. The van der Waals surface area contributed by atoms with Crippen LogP contribution in [0, 0.1) is 6.92 Å². The highest BCUT2D eigenvalue weighted by molar-refractivity contribution is 7.99. The number of hydrogen-bond acceptors (Lipinski definition) is 7. The van der Waals surface area contributed by atoms with Crippen LogP contribution in [0.15, 0.2) is 34.5 Å². The number of aromatic nitrogens is 3. The van der Waals surface area contributed by atoms with E-state index >= 15 is 0 Å². The second-order valence-corrected chi connectivity index (χ2v) is 6.69. The van der Waals surface area contributed by atoms with E-state index in [9.17, 15) is 4.79 Å². The first kappa shape index (κ1) is 16.5. The quantitative estimate of drug-likeness (QED) is 0.362. The zero-order chi connectivity index (χ0) is 16.9. The third-order valence-electron chi connectivity index (χ3n) is 3.87. The molecule has 1 aliphatic rings. The van der Waals surface area contributed by atoms with E-state index < -0.39 is 0 Å². The molecule has 2 aromatic rings. The van der Waals surface area contributed by atoms with Crippen molar-refractivity contribution in [3.05, 3.63) is 35.4 Å². The number of anilines is 1. The van der Waals surface area contributed by atoms with Crippen molar-refractivity contribution in [3.8, 4) is 0 Å². The van der Waals surface area contributed by atoms with Gasteiger partial charge in [-0.25, -0.2) is 10.1 Å². The molecular formula is C16H20N6OS. The van der Waals surface area contributed by atoms with E-state index in [4.69, 9.17) is 5.84 Å². The smallest absolute Gasteiger partial charge is 0.264 e. The molecule has 3 N–H and O–H groups in total. The lowest BCUT2D eigenvalue weighted by atomic mass is 10.1. The highest BCUT2D eigenvalue weighted by atomic mass is 32.2. The number of nitrogens with one attached hydrogen (secondary N) is 1. The van der Waals surface area contributed by atoms with Crippen LogP contribution < -0.4 is 11.3 Å². The molecule has 1 fully saturated rings. The van der Waals surface area contributed by atoms with E-state index in [2.05, 4.69) is 20.7 Å². The molecule has 126 valence electrons. The molecule has 3 rings (SSSR count). The molecule has 7 nitrogen and oxygen atoms in total. The number of nitrogens with zero attached hydrogens (tertiary/aromatic N) is 4. The minimum atomic E-state index is 0.0312. The van der Waals surface area contributed by atoms with Gasteiger partial charge >= 0.3 is 0 Å².